The van der Waals surface area contributed by atoms with E-state index < -0.39 is 5.97 Å². The van der Waals surface area contributed by atoms with Gasteiger partial charge in [-0.05, 0) is 37.1 Å². The van der Waals surface area contributed by atoms with E-state index in [2.05, 4.69) is 10.6 Å². The maximum atomic E-state index is 11.8. The average molecular weight is 401 g/mol. The van der Waals surface area contributed by atoms with Crippen LogP contribution in [0.4, 0.5) is 5.69 Å². The molecule has 0 spiro atoms. The third kappa shape index (κ3) is 7.84. The van der Waals surface area contributed by atoms with E-state index in [0.29, 0.717) is 12.2 Å². The van der Waals surface area contributed by atoms with Crippen molar-refractivity contribution in [1.82, 2.24) is 5.32 Å². The molecule has 0 unspecified atom stereocenters. The number of esters is 1. The minimum absolute atomic E-state index is 0.00634. The van der Waals surface area contributed by atoms with Crippen molar-refractivity contribution in [2.45, 2.75) is 20.4 Å². The molecule has 148 valence electrons. The molecule has 6 nitrogen and oxygen atoms in total. The van der Waals surface area contributed by atoms with Gasteiger partial charge in [-0.1, -0.05) is 42.0 Å². The molecule has 0 heterocycles. The minimum atomic E-state index is -0.529. The van der Waals surface area contributed by atoms with Crippen LogP contribution < -0.4 is 10.6 Å². The Morgan fingerprint density at radius 1 is 0.929 bits per heavy atom. The molecule has 0 bridgehead atoms. The highest BCUT2D eigenvalue weighted by atomic mass is 32.2. The van der Waals surface area contributed by atoms with E-state index in [1.165, 1.54) is 0 Å². The maximum Gasteiger partial charge on any atom is 0.316 e. The van der Waals surface area contributed by atoms with Crippen LogP contribution >= 0.6 is 11.8 Å². The number of thioether (sulfide) groups is 1. The first-order chi connectivity index (χ1) is 13.4. The number of ether oxygens (including phenoxy) is 1. The molecule has 0 atom stereocenters. The average Bonchev–Trinajstić information content (AvgIpc) is 2.67. The van der Waals surface area contributed by atoms with Crippen LogP contribution in [0.15, 0.2) is 48.5 Å². The van der Waals surface area contributed by atoms with Crippen molar-refractivity contribution in [2.24, 2.45) is 0 Å². The van der Waals surface area contributed by atoms with Gasteiger partial charge in [0.25, 0.3) is 5.91 Å². The molecule has 2 N–H and O–H groups in total. The van der Waals surface area contributed by atoms with Crippen LogP contribution in [-0.2, 0) is 25.7 Å². The Hall–Kier alpha value is -2.80. The zero-order valence-corrected chi connectivity index (χ0v) is 16.8. The van der Waals surface area contributed by atoms with Gasteiger partial charge in [0.15, 0.2) is 6.61 Å². The fraction of sp³-hybridized carbons (Fsp3) is 0.286. The summed E-state index contributed by atoms with van der Waals surface area (Å²) in [7, 11) is 0. The number of rotatable bonds is 9. The number of aryl methyl sites for hydroxylation is 2. The predicted octanol–water partition coefficient (Wildman–Crippen LogP) is 2.83. The largest absolute Gasteiger partial charge is 0.455 e. The monoisotopic (exact) mass is 400 g/mol. The van der Waals surface area contributed by atoms with Crippen molar-refractivity contribution in [3.63, 3.8) is 0 Å². The van der Waals surface area contributed by atoms with Crippen molar-refractivity contribution in [2.75, 3.05) is 23.4 Å². The van der Waals surface area contributed by atoms with Crippen LogP contribution in [0.25, 0.3) is 0 Å². The number of hydrogen-bond acceptors (Lipinski definition) is 5. The lowest BCUT2D eigenvalue weighted by Gasteiger charge is -2.08. The molecule has 7 heteroatoms. The Labute approximate surface area is 169 Å². The van der Waals surface area contributed by atoms with Crippen molar-refractivity contribution >= 4 is 35.2 Å². The summed E-state index contributed by atoms with van der Waals surface area (Å²) >= 11 is 1.14. The molecule has 0 saturated heterocycles. The van der Waals surface area contributed by atoms with Crippen LogP contribution in [-0.4, -0.2) is 35.9 Å². The summed E-state index contributed by atoms with van der Waals surface area (Å²) in [5, 5.41) is 5.47. The van der Waals surface area contributed by atoms with Crippen LogP contribution in [0.3, 0.4) is 0 Å². The molecule has 2 aromatic rings. The molecular formula is C21H24N2O4S. The van der Waals surface area contributed by atoms with Gasteiger partial charge in [-0.3, -0.25) is 14.4 Å². The van der Waals surface area contributed by atoms with Gasteiger partial charge in [0.1, 0.15) is 0 Å². The van der Waals surface area contributed by atoms with E-state index in [4.69, 9.17) is 4.74 Å². The number of nitrogens with one attached hydrogen (secondary N) is 2. The molecule has 2 amide bonds. The van der Waals surface area contributed by atoms with Gasteiger partial charge in [0.05, 0.1) is 11.5 Å². The summed E-state index contributed by atoms with van der Waals surface area (Å²) in [4.78, 5) is 35.3. The number of anilines is 1. The zero-order chi connectivity index (χ0) is 20.4. The SMILES string of the molecule is Cc1ccc(NC(=O)CSCC(=O)OCC(=O)NCc2ccccc2C)cc1. The van der Waals surface area contributed by atoms with Gasteiger partial charge in [0, 0.05) is 12.2 Å². The van der Waals surface area contributed by atoms with E-state index in [1.807, 2.05) is 62.4 Å². The predicted molar refractivity (Wildman–Crippen MR) is 111 cm³/mol. The normalized spacial score (nSPS) is 10.2. The molecule has 0 aliphatic carbocycles. The summed E-state index contributed by atoms with van der Waals surface area (Å²) in [6.45, 7) is 3.99. The van der Waals surface area contributed by atoms with E-state index in [-0.39, 0.29) is 29.9 Å². The third-order valence-corrected chi connectivity index (χ3v) is 4.80. The molecule has 28 heavy (non-hydrogen) atoms. The van der Waals surface area contributed by atoms with Crippen LogP contribution in [0, 0.1) is 13.8 Å². The topological polar surface area (TPSA) is 84.5 Å². The van der Waals surface area contributed by atoms with Crippen molar-refractivity contribution in [1.29, 1.82) is 0 Å². The highest BCUT2D eigenvalue weighted by Gasteiger charge is 2.10. The molecule has 0 fully saturated rings. The summed E-state index contributed by atoms with van der Waals surface area (Å²) in [5.74, 6) is -0.954. The first-order valence-electron chi connectivity index (χ1n) is 8.85. The van der Waals surface area contributed by atoms with E-state index in [0.717, 1.165) is 28.5 Å². The lowest BCUT2D eigenvalue weighted by molar-refractivity contribution is -0.145. The first-order valence-corrected chi connectivity index (χ1v) is 10.0. The molecule has 0 saturated carbocycles. The molecule has 0 aromatic heterocycles. The zero-order valence-electron chi connectivity index (χ0n) is 16.0. The Kier molecular flexibility index (Phi) is 8.55. The Bertz CT molecular complexity index is 821. The van der Waals surface area contributed by atoms with Crippen molar-refractivity contribution < 1.29 is 19.1 Å². The molecule has 2 aromatic carbocycles. The number of hydrogen-bond donors (Lipinski definition) is 2. The number of carbonyl (C=O) groups excluding carboxylic acids is 3. The van der Waals surface area contributed by atoms with E-state index in [9.17, 15) is 14.4 Å². The second-order valence-corrected chi connectivity index (χ2v) is 7.26. The number of amides is 2. The fourth-order valence-electron chi connectivity index (χ4n) is 2.30. The van der Waals surface area contributed by atoms with E-state index in [1.54, 1.807) is 0 Å². The first kappa shape index (κ1) is 21.5. The van der Waals surface area contributed by atoms with Gasteiger partial charge in [0.2, 0.25) is 5.91 Å². The molecule has 0 aliphatic rings. The molecule has 0 radical (unpaired) electrons. The lowest BCUT2D eigenvalue weighted by atomic mass is 10.1. The number of benzene rings is 2. The maximum absolute atomic E-state index is 11.8. The van der Waals surface area contributed by atoms with Gasteiger partial charge in [-0.2, -0.15) is 0 Å². The lowest BCUT2D eigenvalue weighted by Crippen LogP contribution is -2.29. The second kappa shape index (κ2) is 11.1. The van der Waals surface area contributed by atoms with Gasteiger partial charge in [-0.25, -0.2) is 0 Å². The van der Waals surface area contributed by atoms with Crippen LogP contribution in [0.5, 0.6) is 0 Å². The number of carbonyl (C=O) groups is 3. The van der Waals surface area contributed by atoms with Gasteiger partial charge < -0.3 is 15.4 Å². The van der Waals surface area contributed by atoms with Gasteiger partial charge in [-0.15, -0.1) is 11.8 Å². The second-order valence-electron chi connectivity index (χ2n) is 6.27. The van der Waals surface area contributed by atoms with Gasteiger partial charge >= 0.3 is 5.97 Å². The Morgan fingerprint density at radius 2 is 1.64 bits per heavy atom. The van der Waals surface area contributed by atoms with Crippen molar-refractivity contribution in [3.05, 3.63) is 65.2 Å². The highest BCUT2D eigenvalue weighted by molar-refractivity contribution is 8.00. The standard InChI is InChI=1S/C21H24N2O4S/c1-15-7-9-18(10-8-15)23-20(25)13-28-14-21(26)27-12-19(24)22-11-17-6-4-3-5-16(17)2/h3-10H,11-14H2,1-2H3,(H,22,24)(H,23,25). The van der Waals surface area contributed by atoms with E-state index >= 15 is 0 Å². The van der Waals surface area contributed by atoms with Crippen LogP contribution in [0.2, 0.25) is 0 Å². The summed E-state index contributed by atoms with van der Waals surface area (Å²) in [6, 6.07) is 15.2. The minimum Gasteiger partial charge on any atom is -0.455 e. The summed E-state index contributed by atoms with van der Waals surface area (Å²) < 4.78 is 4.93. The van der Waals surface area contributed by atoms with Crippen LogP contribution in [0.1, 0.15) is 16.7 Å². The van der Waals surface area contributed by atoms with Crippen molar-refractivity contribution in [3.8, 4) is 0 Å². The molecule has 2 rings (SSSR count). The quantitative estimate of drug-likeness (QED) is 0.633. The molecule has 0 aliphatic heterocycles. The highest BCUT2D eigenvalue weighted by Crippen LogP contribution is 2.10. The smallest absolute Gasteiger partial charge is 0.316 e. The fourth-order valence-corrected chi connectivity index (χ4v) is 2.91. The Morgan fingerprint density at radius 3 is 2.36 bits per heavy atom. The Balaban J connectivity index is 1.59. The molecular weight excluding hydrogens is 376 g/mol. The third-order valence-electron chi connectivity index (χ3n) is 3.89. The summed E-state index contributed by atoms with van der Waals surface area (Å²) in [6.07, 6.45) is 0. The summed E-state index contributed by atoms with van der Waals surface area (Å²) in [5.41, 5.74) is 3.92.